The van der Waals surface area contributed by atoms with Crippen LogP contribution in [0.15, 0.2) is 16.3 Å². The molecule has 92 valence electrons. The maximum atomic E-state index is 11.4. The van der Waals surface area contributed by atoms with E-state index < -0.39 is 10.0 Å². The van der Waals surface area contributed by atoms with Crippen molar-refractivity contribution < 1.29 is 18.0 Å². The van der Waals surface area contributed by atoms with Crippen molar-refractivity contribution in [3.8, 4) is 0 Å². The molecule has 0 saturated carbocycles. The Morgan fingerprint density at radius 2 is 1.82 bits per heavy atom. The Bertz CT molecular complexity index is 560. The minimum Gasteiger partial charge on any atom is -0.277 e. The number of amides is 2. The highest BCUT2D eigenvalue weighted by Crippen LogP contribution is 2.24. The van der Waals surface area contributed by atoms with Crippen LogP contribution >= 0.6 is 11.3 Å². The zero-order chi connectivity index (χ0) is 12.6. The topological polar surface area (TPSA) is 97.5 Å². The third-order valence-corrected chi connectivity index (χ3v) is 4.89. The van der Waals surface area contributed by atoms with Gasteiger partial charge in [0.05, 0.1) is 6.54 Å². The average molecular weight is 274 g/mol. The minimum atomic E-state index is -3.71. The van der Waals surface area contributed by atoms with E-state index in [0.29, 0.717) is 4.88 Å². The first-order valence-electron chi connectivity index (χ1n) is 4.82. The summed E-state index contributed by atoms with van der Waals surface area (Å²) in [6.07, 6.45) is 0.457. The molecule has 0 spiro atoms. The number of hydrogen-bond acceptors (Lipinski definition) is 5. The van der Waals surface area contributed by atoms with E-state index in [2.05, 4.69) is 0 Å². The number of carbonyl (C=O) groups excluding carboxylic acids is 2. The fourth-order valence-electron chi connectivity index (χ4n) is 1.55. The molecule has 1 fully saturated rings. The van der Waals surface area contributed by atoms with E-state index in [1.165, 1.54) is 6.07 Å². The van der Waals surface area contributed by atoms with Crippen LogP contribution in [-0.2, 0) is 26.2 Å². The van der Waals surface area contributed by atoms with Gasteiger partial charge in [0.2, 0.25) is 21.8 Å². The molecule has 1 aromatic rings. The molecular weight excluding hydrogens is 264 g/mol. The number of nitrogens with two attached hydrogens (primary N) is 1. The minimum absolute atomic E-state index is 0.0339. The normalized spacial score (nSPS) is 16.9. The Kier molecular flexibility index (Phi) is 3.02. The monoisotopic (exact) mass is 274 g/mol. The Labute approximate surface area is 102 Å². The van der Waals surface area contributed by atoms with Crippen molar-refractivity contribution in [1.29, 1.82) is 0 Å². The number of carbonyl (C=O) groups is 2. The van der Waals surface area contributed by atoms with Gasteiger partial charge in [0.15, 0.2) is 0 Å². The van der Waals surface area contributed by atoms with E-state index in [0.717, 1.165) is 16.2 Å². The molecule has 0 atom stereocenters. The fourth-order valence-corrected chi connectivity index (χ4v) is 3.32. The van der Waals surface area contributed by atoms with Crippen LogP contribution in [-0.4, -0.2) is 25.1 Å². The quantitative estimate of drug-likeness (QED) is 0.787. The summed E-state index contributed by atoms with van der Waals surface area (Å²) in [6.45, 7) is 0.123. The lowest BCUT2D eigenvalue weighted by Crippen LogP contribution is -2.27. The second-order valence-corrected chi connectivity index (χ2v) is 6.60. The number of hydrogen-bond donors (Lipinski definition) is 1. The molecule has 6 nitrogen and oxygen atoms in total. The van der Waals surface area contributed by atoms with Crippen LogP contribution < -0.4 is 5.14 Å². The molecule has 1 aromatic heterocycles. The van der Waals surface area contributed by atoms with E-state index in [9.17, 15) is 18.0 Å². The number of nitrogens with zero attached hydrogens (tertiary/aromatic N) is 1. The summed E-state index contributed by atoms with van der Waals surface area (Å²) in [4.78, 5) is 24.5. The molecule has 0 radical (unpaired) electrons. The summed E-state index contributed by atoms with van der Waals surface area (Å²) in [7, 11) is -3.71. The molecule has 0 bridgehead atoms. The molecular formula is C9H10N2O4S2. The molecule has 2 rings (SSSR count). The first-order valence-corrected chi connectivity index (χ1v) is 7.19. The molecule has 2 amide bonds. The van der Waals surface area contributed by atoms with Crippen LogP contribution in [0.1, 0.15) is 17.7 Å². The molecule has 0 unspecified atom stereocenters. The van der Waals surface area contributed by atoms with Gasteiger partial charge in [-0.2, -0.15) is 0 Å². The lowest BCUT2D eigenvalue weighted by Gasteiger charge is -2.11. The maximum Gasteiger partial charge on any atom is 0.247 e. The third kappa shape index (κ3) is 2.54. The predicted octanol–water partition coefficient (Wildman–Crippen LogP) is 0.0445. The van der Waals surface area contributed by atoms with Gasteiger partial charge >= 0.3 is 0 Å². The number of sulfonamides is 1. The maximum absolute atomic E-state index is 11.4. The van der Waals surface area contributed by atoms with Gasteiger partial charge in [-0.15, -0.1) is 11.3 Å². The van der Waals surface area contributed by atoms with Crippen molar-refractivity contribution in [3.05, 3.63) is 17.0 Å². The first-order chi connectivity index (χ1) is 7.88. The second-order valence-electron chi connectivity index (χ2n) is 3.64. The van der Waals surface area contributed by atoms with Gasteiger partial charge in [0.1, 0.15) is 4.21 Å². The van der Waals surface area contributed by atoms with Gasteiger partial charge < -0.3 is 0 Å². The van der Waals surface area contributed by atoms with E-state index in [1.807, 2.05) is 0 Å². The molecule has 0 aliphatic carbocycles. The zero-order valence-corrected chi connectivity index (χ0v) is 10.4. The molecule has 8 heteroatoms. The summed E-state index contributed by atoms with van der Waals surface area (Å²) >= 11 is 0.972. The molecule has 1 saturated heterocycles. The van der Waals surface area contributed by atoms with Crippen molar-refractivity contribution in [1.82, 2.24) is 4.90 Å². The number of primary sulfonamides is 1. The lowest BCUT2D eigenvalue weighted by atomic mass is 10.4. The van der Waals surface area contributed by atoms with Gasteiger partial charge in [-0.3, -0.25) is 14.5 Å². The number of rotatable bonds is 3. The number of thiophene rings is 1. The van der Waals surface area contributed by atoms with Crippen LogP contribution in [0.2, 0.25) is 0 Å². The number of imide groups is 1. The van der Waals surface area contributed by atoms with Crippen molar-refractivity contribution in [2.75, 3.05) is 0 Å². The van der Waals surface area contributed by atoms with Crippen LogP contribution in [0.4, 0.5) is 0 Å². The molecule has 2 heterocycles. The van der Waals surface area contributed by atoms with E-state index in [-0.39, 0.29) is 35.4 Å². The molecule has 2 N–H and O–H groups in total. The Morgan fingerprint density at radius 1 is 1.24 bits per heavy atom. The Hall–Kier alpha value is -1.25. The third-order valence-electron chi connectivity index (χ3n) is 2.39. The summed E-state index contributed by atoms with van der Waals surface area (Å²) in [5, 5.41) is 4.97. The van der Waals surface area contributed by atoms with E-state index in [4.69, 9.17) is 5.14 Å². The second kappa shape index (κ2) is 4.21. The van der Waals surface area contributed by atoms with Crippen molar-refractivity contribution in [2.45, 2.75) is 23.6 Å². The summed E-state index contributed by atoms with van der Waals surface area (Å²) in [5.74, 6) is -0.443. The highest BCUT2D eigenvalue weighted by atomic mass is 32.2. The smallest absolute Gasteiger partial charge is 0.247 e. The molecule has 17 heavy (non-hydrogen) atoms. The summed E-state index contributed by atoms with van der Waals surface area (Å²) in [5.41, 5.74) is 0. The highest BCUT2D eigenvalue weighted by Gasteiger charge is 2.29. The standard InChI is InChI=1S/C9H10N2O4S2/c10-17(14,15)9-4-1-6(16-9)5-11-7(12)2-3-8(11)13/h1,4H,2-3,5H2,(H2,10,14,15). The average Bonchev–Trinajstić information content (AvgIpc) is 2.79. The molecule has 1 aliphatic rings. The van der Waals surface area contributed by atoms with Crippen LogP contribution in [0.25, 0.3) is 0 Å². The van der Waals surface area contributed by atoms with E-state index >= 15 is 0 Å². The van der Waals surface area contributed by atoms with Crippen LogP contribution in [0.5, 0.6) is 0 Å². The Balaban J connectivity index is 2.17. The highest BCUT2D eigenvalue weighted by molar-refractivity contribution is 7.91. The number of likely N-dealkylation sites (tertiary alicyclic amines) is 1. The van der Waals surface area contributed by atoms with Crippen LogP contribution in [0.3, 0.4) is 0 Å². The largest absolute Gasteiger partial charge is 0.277 e. The molecule has 0 aromatic carbocycles. The zero-order valence-electron chi connectivity index (χ0n) is 8.75. The van der Waals surface area contributed by atoms with Gasteiger partial charge in [-0.1, -0.05) is 0 Å². The van der Waals surface area contributed by atoms with Gasteiger partial charge in [-0.25, -0.2) is 13.6 Å². The SMILES string of the molecule is NS(=O)(=O)c1ccc(CN2C(=O)CCC2=O)s1. The van der Waals surface area contributed by atoms with Gasteiger partial charge in [0.25, 0.3) is 0 Å². The van der Waals surface area contributed by atoms with Gasteiger partial charge in [0, 0.05) is 17.7 Å². The van der Waals surface area contributed by atoms with Gasteiger partial charge in [-0.05, 0) is 12.1 Å². The first kappa shape index (κ1) is 12.2. The molecule has 1 aliphatic heterocycles. The summed E-state index contributed by atoms with van der Waals surface area (Å²) < 4.78 is 22.1. The predicted molar refractivity (Wildman–Crippen MR) is 60.5 cm³/mol. The Morgan fingerprint density at radius 3 is 2.29 bits per heavy atom. The van der Waals surface area contributed by atoms with Crippen molar-refractivity contribution in [2.24, 2.45) is 5.14 Å². The fraction of sp³-hybridized carbons (Fsp3) is 0.333. The van der Waals surface area contributed by atoms with Crippen LogP contribution in [0, 0.1) is 0 Å². The lowest BCUT2D eigenvalue weighted by molar-refractivity contribution is -0.138. The van der Waals surface area contributed by atoms with Crippen molar-refractivity contribution >= 4 is 33.2 Å². The van der Waals surface area contributed by atoms with Crippen molar-refractivity contribution in [3.63, 3.8) is 0 Å². The van der Waals surface area contributed by atoms with E-state index in [1.54, 1.807) is 6.07 Å². The summed E-state index contributed by atoms with van der Waals surface area (Å²) in [6, 6.07) is 2.93.